The molecule has 0 bridgehead atoms. The van der Waals surface area contributed by atoms with E-state index in [2.05, 4.69) is 4.98 Å². The van der Waals surface area contributed by atoms with Gasteiger partial charge in [-0.25, -0.2) is 4.98 Å². The van der Waals surface area contributed by atoms with Gasteiger partial charge in [-0.3, -0.25) is 0 Å². The van der Waals surface area contributed by atoms with Crippen LogP contribution in [-0.2, 0) is 0 Å². The molecule has 0 radical (unpaired) electrons. The molecule has 0 atom stereocenters. The molecule has 0 saturated carbocycles. The summed E-state index contributed by atoms with van der Waals surface area (Å²) in [6, 6.07) is 3.67. The van der Waals surface area contributed by atoms with Crippen LogP contribution in [0.2, 0.25) is 0 Å². The fourth-order valence-electron chi connectivity index (χ4n) is 0.376. The van der Waals surface area contributed by atoms with Gasteiger partial charge in [0.2, 0.25) is 0 Å². The minimum absolute atomic E-state index is 0.316. The van der Waals surface area contributed by atoms with Gasteiger partial charge in [0.15, 0.2) is 10.7 Å². The predicted octanol–water partition coefficient (Wildman–Crippen LogP) is 0.886. The molecule has 0 N–H and O–H groups in total. The lowest BCUT2D eigenvalue weighted by Crippen LogP contribution is -1.71. The highest BCUT2D eigenvalue weighted by molar-refractivity contribution is 7.10. The van der Waals surface area contributed by atoms with E-state index in [1.54, 1.807) is 5.38 Å². The molecule has 1 rings (SSSR count). The summed E-state index contributed by atoms with van der Waals surface area (Å²) in [6.45, 7) is 0. The van der Waals surface area contributed by atoms with Crippen LogP contribution in [0, 0.1) is 22.7 Å². The summed E-state index contributed by atoms with van der Waals surface area (Å²) in [7, 11) is 0. The summed E-state index contributed by atoms with van der Waals surface area (Å²) in [6.07, 6.45) is 0. The highest BCUT2D eigenvalue weighted by atomic mass is 32.1. The molecule has 3 nitrogen and oxygen atoms in total. The molecule has 0 saturated heterocycles. The van der Waals surface area contributed by atoms with Crippen LogP contribution >= 0.6 is 11.3 Å². The molecular weight excluding hydrogens is 134 g/mol. The van der Waals surface area contributed by atoms with E-state index in [1.165, 1.54) is 11.3 Å². The van der Waals surface area contributed by atoms with E-state index in [0.29, 0.717) is 10.7 Å². The minimum atomic E-state index is 0.316. The fraction of sp³-hybridized carbons (Fsp3) is 0. The Morgan fingerprint density at radius 3 is 2.56 bits per heavy atom. The van der Waals surface area contributed by atoms with Gasteiger partial charge in [0.25, 0.3) is 0 Å². The van der Waals surface area contributed by atoms with Crippen LogP contribution in [0.3, 0.4) is 0 Å². The first kappa shape index (κ1) is 5.74. The van der Waals surface area contributed by atoms with Gasteiger partial charge in [0.1, 0.15) is 12.1 Å². The summed E-state index contributed by atoms with van der Waals surface area (Å²) in [5, 5.41) is 18.4. The van der Waals surface area contributed by atoms with Crippen LogP contribution in [0.15, 0.2) is 5.38 Å². The third-order valence-corrected chi connectivity index (χ3v) is 1.46. The Labute approximate surface area is 55.8 Å². The molecule has 0 aliphatic heterocycles. The molecule has 0 aliphatic carbocycles. The smallest absolute Gasteiger partial charge is 0.195 e. The molecule has 1 aromatic heterocycles. The van der Waals surface area contributed by atoms with Gasteiger partial charge < -0.3 is 0 Å². The van der Waals surface area contributed by atoms with Crippen LogP contribution in [0.5, 0.6) is 0 Å². The highest BCUT2D eigenvalue weighted by Crippen LogP contribution is 2.05. The summed E-state index contributed by atoms with van der Waals surface area (Å²) >= 11 is 1.18. The number of nitriles is 2. The Kier molecular flexibility index (Phi) is 1.44. The third-order valence-electron chi connectivity index (χ3n) is 0.714. The quantitative estimate of drug-likeness (QED) is 0.530. The van der Waals surface area contributed by atoms with Gasteiger partial charge in [0.05, 0.1) is 0 Å². The van der Waals surface area contributed by atoms with Crippen molar-refractivity contribution in [1.82, 2.24) is 4.98 Å². The average Bonchev–Trinajstić information content (AvgIpc) is 2.34. The maximum atomic E-state index is 8.23. The normalized spacial score (nSPS) is 7.78. The van der Waals surface area contributed by atoms with Crippen LogP contribution in [0.25, 0.3) is 0 Å². The maximum absolute atomic E-state index is 8.23. The first-order chi connectivity index (χ1) is 4.36. The van der Waals surface area contributed by atoms with Crippen molar-refractivity contribution in [2.45, 2.75) is 0 Å². The van der Waals surface area contributed by atoms with Crippen molar-refractivity contribution in [2.75, 3.05) is 0 Å². The lowest BCUT2D eigenvalue weighted by molar-refractivity contribution is 1.30. The number of thiazole rings is 1. The van der Waals surface area contributed by atoms with Crippen LogP contribution < -0.4 is 0 Å². The predicted molar refractivity (Wildman–Crippen MR) is 31.5 cm³/mol. The largest absolute Gasteiger partial charge is 0.215 e. The van der Waals surface area contributed by atoms with Crippen molar-refractivity contribution < 1.29 is 0 Å². The molecule has 1 heterocycles. The zero-order chi connectivity index (χ0) is 6.69. The molecule has 42 valence electrons. The zero-order valence-electron chi connectivity index (χ0n) is 4.33. The Balaban J connectivity index is 3.08. The second kappa shape index (κ2) is 2.25. The first-order valence-electron chi connectivity index (χ1n) is 2.12. The number of hydrogen-bond donors (Lipinski definition) is 0. The summed E-state index contributed by atoms with van der Waals surface area (Å²) in [5.74, 6) is 0. The molecule has 4 heteroatoms. The van der Waals surface area contributed by atoms with Crippen molar-refractivity contribution in [3.8, 4) is 12.1 Å². The van der Waals surface area contributed by atoms with E-state index < -0.39 is 0 Å². The Morgan fingerprint density at radius 1 is 1.44 bits per heavy atom. The molecule has 1 aromatic rings. The van der Waals surface area contributed by atoms with E-state index in [-0.39, 0.29) is 0 Å². The molecule has 0 aliphatic rings. The lowest BCUT2D eigenvalue weighted by Gasteiger charge is -1.66. The number of nitrogens with zero attached hydrogens (tertiary/aromatic N) is 3. The van der Waals surface area contributed by atoms with Crippen molar-refractivity contribution >= 4 is 11.3 Å². The molecule has 0 fully saturated rings. The van der Waals surface area contributed by atoms with Crippen molar-refractivity contribution in [1.29, 1.82) is 10.5 Å². The van der Waals surface area contributed by atoms with E-state index in [1.807, 2.05) is 12.1 Å². The van der Waals surface area contributed by atoms with Crippen molar-refractivity contribution in [3.05, 3.63) is 16.1 Å². The molecule has 0 spiro atoms. The maximum Gasteiger partial charge on any atom is 0.195 e. The Morgan fingerprint density at radius 2 is 2.22 bits per heavy atom. The van der Waals surface area contributed by atoms with E-state index in [9.17, 15) is 0 Å². The molecule has 9 heavy (non-hydrogen) atoms. The Bertz CT molecular complexity index is 259. The average molecular weight is 135 g/mol. The minimum Gasteiger partial charge on any atom is -0.215 e. The van der Waals surface area contributed by atoms with E-state index >= 15 is 0 Å². The van der Waals surface area contributed by atoms with Gasteiger partial charge in [-0.15, -0.1) is 11.3 Å². The van der Waals surface area contributed by atoms with Crippen LogP contribution in [0.4, 0.5) is 0 Å². The standard InChI is InChI=1S/C5HN3S/c6-1-4-3-9-5(2-7)8-4/h3H. The van der Waals surface area contributed by atoms with Crippen molar-refractivity contribution in [2.24, 2.45) is 0 Å². The summed E-state index contributed by atoms with van der Waals surface area (Å²) < 4.78 is 0. The topological polar surface area (TPSA) is 60.5 Å². The van der Waals surface area contributed by atoms with E-state index in [4.69, 9.17) is 10.5 Å². The Hall–Kier alpha value is -1.39. The van der Waals surface area contributed by atoms with Crippen LogP contribution in [0.1, 0.15) is 10.7 Å². The molecular formula is C5HN3S. The molecule has 0 amide bonds. The van der Waals surface area contributed by atoms with Gasteiger partial charge in [0, 0.05) is 5.38 Å². The lowest BCUT2D eigenvalue weighted by atomic mass is 10.6. The van der Waals surface area contributed by atoms with Gasteiger partial charge in [-0.05, 0) is 0 Å². The SMILES string of the molecule is N#Cc1csc(C#N)n1. The third kappa shape index (κ3) is 1.04. The molecule has 0 unspecified atom stereocenters. The monoisotopic (exact) mass is 135 g/mol. The van der Waals surface area contributed by atoms with E-state index in [0.717, 1.165) is 0 Å². The second-order valence-electron chi connectivity index (χ2n) is 1.26. The first-order valence-corrected chi connectivity index (χ1v) is 3.00. The summed E-state index contributed by atoms with van der Waals surface area (Å²) in [4.78, 5) is 3.64. The zero-order valence-corrected chi connectivity index (χ0v) is 5.14. The van der Waals surface area contributed by atoms with Gasteiger partial charge in [-0.2, -0.15) is 10.5 Å². The van der Waals surface area contributed by atoms with Gasteiger partial charge in [-0.1, -0.05) is 0 Å². The number of hydrogen-bond acceptors (Lipinski definition) is 4. The highest BCUT2D eigenvalue weighted by Gasteiger charge is 1.96. The number of aromatic nitrogens is 1. The fourth-order valence-corrected chi connectivity index (χ4v) is 0.909. The number of rotatable bonds is 0. The molecule has 0 aromatic carbocycles. The summed E-state index contributed by atoms with van der Waals surface area (Å²) in [5.41, 5.74) is 0.316. The van der Waals surface area contributed by atoms with Gasteiger partial charge >= 0.3 is 0 Å². The second-order valence-corrected chi connectivity index (χ2v) is 2.12. The van der Waals surface area contributed by atoms with Crippen LogP contribution in [-0.4, -0.2) is 4.98 Å². The van der Waals surface area contributed by atoms with Crippen molar-refractivity contribution in [3.63, 3.8) is 0 Å².